The van der Waals surface area contributed by atoms with Gasteiger partial charge in [-0.25, -0.2) is 14.4 Å². The van der Waals surface area contributed by atoms with Crippen molar-refractivity contribution in [2.75, 3.05) is 18.0 Å². The molecule has 0 unspecified atom stereocenters. The highest BCUT2D eigenvalue weighted by atomic mass is 19.1. The van der Waals surface area contributed by atoms with Crippen molar-refractivity contribution in [1.29, 1.82) is 0 Å². The molecule has 0 aromatic carbocycles. The average molecular weight is 210 g/mol. The van der Waals surface area contributed by atoms with Crippen LogP contribution in [0.3, 0.4) is 0 Å². The Hall–Kier alpha value is -1.23. The largest absolute Gasteiger partial charge is 0.337 e. The molecule has 2 rings (SSSR count). The first-order valence-electron chi connectivity index (χ1n) is 5.25. The van der Waals surface area contributed by atoms with Gasteiger partial charge in [-0.2, -0.15) is 0 Å². The van der Waals surface area contributed by atoms with Gasteiger partial charge in [-0.1, -0.05) is 0 Å². The molecule has 82 valence electrons. The smallest absolute Gasteiger partial charge is 0.225 e. The van der Waals surface area contributed by atoms with Crippen LogP contribution in [0.4, 0.5) is 10.3 Å². The van der Waals surface area contributed by atoms with Crippen molar-refractivity contribution in [3.8, 4) is 0 Å². The quantitative estimate of drug-likeness (QED) is 0.789. The summed E-state index contributed by atoms with van der Waals surface area (Å²) < 4.78 is 12.7. The van der Waals surface area contributed by atoms with Crippen LogP contribution in [0.2, 0.25) is 0 Å². The van der Waals surface area contributed by atoms with Gasteiger partial charge in [0.05, 0.1) is 12.4 Å². The molecule has 1 saturated heterocycles. The molecule has 0 bridgehead atoms. The molecule has 0 aliphatic carbocycles. The highest BCUT2D eigenvalue weighted by Crippen LogP contribution is 2.20. The highest BCUT2D eigenvalue weighted by Gasteiger charge is 2.22. The van der Waals surface area contributed by atoms with Crippen LogP contribution in [0.5, 0.6) is 0 Å². The minimum absolute atomic E-state index is 0.296. The third-order valence-corrected chi connectivity index (χ3v) is 2.76. The molecule has 0 spiro atoms. The minimum atomic E-state index is -0.403. The summed E-state index contributed by atoms with van der Waals surface area (Å²) in [5.74, 6) is 0.187. The summed E-state index contributed by atoms with van der Waals surface area (Å²) >= 11 is 0. The Morgan fingerprint density at radius 2 is 2.13 bits per heavy atom. The zero-order chi connectivity index (χ0) is 10.7. The van der Waals surface area contributed by atoms with Crippen molar-refractivity contribution in [1.82, 2.24) is 9.97 Å². The first-order chi connectivity index (χ1) is 7.31. The predicted octanol–water partition coefficient (Wildman–Crippen LogP) is 0.933. The van der Waals surface area contributed by atoms with Crippen molar-refractivity contribution >= 4 is 5.95 Å². The lowest BCUT2D eigenvalue weighted by atomic mass is 10.0. The van der Waals surface area contributed by atoms with E-state index < -0.39 is 5.82 Å². The molecule has 1 aromatic heterocycles. The van der Waals surface area contributed by atoms with Gasteiger partial charge in [0.1, 0.15) is 0 Å². The fraction of sp³-hybridized carbons (Fsp3) is 0.600. The second-order valence-electron chi connectivity index (χ2n) is 3.78. The molecule has 0 radical (unpaired) electrons. The summed E-state index contributed by atoms with van der Waals surface area (Å²) in [4.78, 5) is 10.0. The Bertz CT molecular complexity index is 314. The molecule has 1 aliphatic heterocycles. The minimum Gasteiger partial charge on any atom is -0.337 e. The van der Waals surface area contributed by atoms with E-state index in [1.54, 1.807) is 0 Å². The maximum Gasteiger partial charge on any atom is 0.225 e. The van der Waals surface area contributed by atoms with E-state index in [2.05, 4.69) is 14.9 Å². The first-order valence-corrected chi connectivity index (χ1v) is 5.25. The molecule has 5 heteroatoms. The number of rotatable bonds is 2. The van der Waals surface area contributed by atoms with Crippen LogP contribution in [0.25, 0.3) is 0 Å². The van der Waals surface area contributed by atoms with E-state index in [1.165, 1.54) is 18.8 Å². The number of halogens is 1. The molecule has 1 atom stereocenters. The summed E-state index contributed by atoms with van der Waals surface area (Å²) in [6.45, 7) is 1.51. The zero-order valence-corrected chi connectivity index (χ0v) is 8.56. The van der Waals surface area contributed by atoms with Gasteiger partial charge in [0.25, 0.3) is 0 Å². The lowest BCUT2D eigenvalue weighted by molar-refractivity contribution is 0.457. The highest BCUT2D eigenvalue weighted by molar-refractivity contribution is 5.31. The molecular weight excluding hydrogens is 195 g/mol. The fourth-order valence-corrected chi connectivity index (χ4v) is 1.96. The van der Waals surface area contributed by atoms with Crippen LogP contribution in [0.1, 0.15) is 19.3 Å². The maximum absolute atomic E-state index is 12.7. The maximum atomic E-state index is 12.7. The van der Waals surface area contributed by atoms with E-state index in [0.717, 1.165) is 19.4 Å². The lowest BCUT2D eigenvalue weighted by Gasteiger charge is -2.34. The van der Waals surface area contributed by atoms with Gasteiger partial charge in [-0.3, -0.25) is 0 Å². The monoisotopic (exact) mass is 210 g/mol. The van der Waals surface area contributed by atoms with Crippen LogP contribution < -0.4 is 10.6 Å². The van der Waals surface area contributed by atoms with E-state index in [0.29, 0.717) is 18.5 Å². The van der Waals surface area contributed by atoms with Gasteiger partial charge in [0.2, 0.25) is 5.95 Å². The molecule has 1 aliphatic rings. The second kappa shape index (κ2) is 4.53. The summed E-state index contributed by atoms with van der Waals surface area (Å²) in [5.41, 5.74) is 5.69. The number of aromatic nitrogens is 2. The molecule has 1 fully saturated rings. The molecule has 0 amide bonds. The summed E-state index contributed by atoms with van der Waals surface area (Å²) in [7, 11) is 0. The normalized spacial score (nSPS) is 21.7. The third-order valence-electron chi connectivity index (χ3n) is 2.76. The Morgan fingerprint density at radius 3 is 2.80 bits per heavy atom. The summed E-state index contributed by atoms with van der Waals surface area (Å²) in [5, 5.41) is 0. The number of nitrogens with two attached hydrogens (primary N) is 1. The van der Waals surface area contributed by atoms with Crippen molar-refractivity contribution in [2.45, 2.75) is 25.3 Å². The van der Waals surface area contributed by atoms with Crippen LogP contribution in [-0.4, -0.2) is 29.1 Å². The lowest BCUT2D eigenvalue weighted by Crippen LogP contribution is -2.45. The van der Waals surface area contributed by atoms with E-state index in [9.17, 15) is 4.39 Å². The fourth-order valence-electron chi connectivity index (χ4n) is 1.96. The van der Waals surface area contributed by atoms with Crippen LogP contribution in [-0.2, 0) is 0 Å². The zero-order valence-electron chi connectivity index (χ0n) is 8.56. The molecule has 0 saturated carbocycles. The number of hydrogen-bond donors (Lipinski definition) is 1. The summed E-state index contributed by atoms with van der Waals surface area (Å²) in [6, 6.07) is 0.296. The van der Waals surface area contributed by atoms with E-state index in [4.69, 9.17) is 5.73 Å². The van der Waals surface area contributed by atoms with E-state index >= 15 is 0 Å². The van der Waals surface area contributed by atoms with Gasteiger partial charge in [0.15, 0.2) is 5.82 Å². The molecular formula is C10H15FN4. The number of piperidine rings is 1. The molecule has 2 N–H and O–H groups in total. The summed E-state index contributed by atoms with van der Waals surface area (Å²) in [6.07, 6.45) is 5.78. The Labute approximate surface area is 88.3 Å². The van der Waals surface area contributed by atoms with E-state index in [-0.39, 0.29) is 0 Å². The van der Waals surface area contributed by atoms with Gasteiger partial charge in [0, 0.05) is 19.1 Å². The van der Waals surface area contributed by atoms with E-state index in [1.807, 2.05) is 0 Å². The topological polar surface area (TPSA) is 55.0 Å². The number of hydrogen-bond acceptors (Lipinski definition) is 4. The van der Waals surface area contributed by atoms with Gasteiger partial charge in [-0.15, -0.1) is 0 Å². The number of anilines is 1. The van der Waals surface area contributed by atoms with Crippen molar-refractivity contribution in [3.05, 3.63) is 18.2 Å². The standard InChI is InChI=1S/C10H15FN4/c11-8-6-13-10(14-7-8)15-4-2-1-3-9(15)5-12/h6-7,9H,1-5,12H2/t9-/m0/s1. The van der Waals surface area contributed by atoms with Crippen LogP contribution >= 0.6 is 0 Å². The third kappa shape index (κ3) is 2.23. The van der Waals surface area contributed by atoms with Crippen LogP contribution in [0.15, 0.2) is 12.4 Å². The van der Waals surface area contributed by atoms with Crippen LogP contribution in [0, 0.1) is 5.82 Å². The number of nitrogens with zero attached hydrogens (tertiary/aromatic N) is 3. The van der Waals surface area contributed by atoms with Crippen molar-refractivity contribution < 1.29 is 4.39 Å². The molecule has 15 heavy (non-hydrogen) atoms. The molecule has 2 heterocycles. The average Bonchev–Trinajstić information content (AvgIpc) is 2.30. The van der Waals surface area contributed by atoms with Gasteiger partial charge >= 0.3 is 0 Å². The molecule has 1 aromatic rings. The Kier molecular flexibility index (Phi) is 3.11. The molecule has 4 nitrogen and oxygen atoms in total. The first kappa shape index (κ1) is 10.3. The second-order valence-corrected chi connectivity index (χ2v) is 3.78. The Morgan fingerprint density at radius 1 is 1.40 bits per heavy atom. The predicted molar refractivity (Wildman–Crippen MR) is 56.0 cm³/mol. The van der Waals surface area contributed by atoms with Gasteiger partial charge < -0.3 is 10.6 Å². The van der Waals surface area contributed by atoms with Crippen molar-refractivity contribution in [2.24, 2.45) is 5.73 Å². The van der Waals surface area contributed by atoms with Crippen molar-refractivity contribution in [3.63, 3.8) is 0 Å². The van der Waals surface area contributed by atoms with Gasteiger partial charge in [-0.05, 0) is 19.3 Å². The Balaban J connectivity index is 2.16. The SMILES string of the molecule is NC[C@@H]1CCCCN1c1ncc(F)cn1.